The number of hydrogen-bond acceptors (Lipinski definition) is 2. The molecule has 0 aromatic carbocycles. The van der Waals surface area contributed by atoms with Gasteiger partial charge in [0.25, 0.3) is 0 Å². The van der Waals surface area contributed by atoms with E-state index in [0.29, 0.717) is 0 Å². The molecule has 2 nitrogen and oxygen atoms in total. The molecule has 0 spiro atoms. The third-order valence-corrected chi connectivity index (χ3v) is 2.37. The van der Waals surface area contributed by atoms with Gasteiger partial charge in [-0.05, 0) is 37.3 Å². The predicted molar refractivity (Wildman–Crippen MR) is 45.6 cm³/mol. The zero-order valence-corrected chi connectivity index (χ0v) is 7.18. The first kappa shape index (κ1) is 8.18. The first-order valence-corrected chi connectivity index (χ1v) is 4.39. The summed E-state index contributed by atoms with van der Waals surface area (Å²) in [6, 6.07) is 3.44. The Morgan fingerprint density at radius 1 is 1.38 bits per heavy atom. The molecule has 1 heterocycles. The third-order valence-electron chi connectivity index (χ3n) is 2.37. The smallest absolute Gasteiger partial charge is 0.223 e. The number of rotatable bonds is 0. The summed E-state index contributed by atoms with van der Waals surface area (Å²) in [6.07, 6.45) is 3.96. The molecule has 3 heteroatoms. The molecule has 0 amide bonds. The number of hydrogen-bond donors (Lipinski definition) is 0. The fourth-order valence-electron chi connectivity index (χ4n) is 1.69. The topological polar surface area (TPSA) is 36.7 Å². The third kappa shape index (κ3) is 1.40. The van der Waals surface area contributed by atoms with Crippen molar-refractivity contribution in [3.63, 3.8) is 0 Å². The van der Waals surface area contributed by atoms with Crippen molar-refractivity contribution in [3.05, 3.63) is 28.8 Å². The van der Waals surface area contributed by atoms with Crippen LogP contribution in [0.3, 0.4) is 0 Å². The van der Waals surface area contributed by atoms with Crippen LogP contribution >= 0.6 is 0 Å². The lowest BCUT2D eigenvalue weighted by Gasteiger charge is -2.14. The van der Waals surface area contributed by atoms with E-state index in [1.54, 1.807) is 6.07 Å². The monoisotopic (exact) mass is 176 g/mol. The number of aromatic nitrogens is 1. The number of nitriles is 1. The summed E-state index contributed by atoms with van der Waals surface area (Å²) in [7, 11) is 0. The summed E-state index contributed by atoms with van der Waals surface area (Å²) in [6.45, 7) is 0. The van der Waals surface area contributed by atoms with Crippen LogP contribution in [0.1, 0.15) is 29.7 Å². The minimum absolute atomic E-state index is 0.0700. The van der Waals surface area contributed by atoms with Crippen LogP contribution in [0.2, 0.25) is 0 Å². The highest BCUT2D eigenvalue weighted by atomic mass is 19.1. The first-order chi connectivity index (χ1) is 6.31. The Labute approximate surface area is 76.0 Å². The van der Waals surface area contributed by atoms with Gasteiger partial charge in [0.1, 0.15) is 11.6 Å². The summed E-state index contributed by atoms with van der Waals surface area (Å²) < 4.78 is 13.0. The van der Waals surface area contributed by atoms with Crippen molar-refractivity contribution < 1.29 is 4.39 Å². The van der Waals surface area contributed by atoms with Gasteiger partial charge in [-0.1, -0.05) is 0 Å². The van der Waals surface area contributed by atoms with E-state index in [1.807, 2.05) is 6.07 Å². The van der Waals surface area contributed by atoms with Crippen molar-refractivity contribution >= 4 is 0 Å². The minimum Gasteiger partial charge on any atom is -0.223 e. The molecule has 1 aromatic rings. The molecule has 13 heavy (non-hydrogen) atoms. The van der Waals surface area contributed by atoms with E-state index in [2.05, 4.69) is 4.98 Å². The average Bonchev–Trinajstić information content (AvgIpc) is 2.17. The molecule has 0 N–H and O–H groups in total. The van der Waals surface area contributed by atoms with Crippen LogP contribution < -0.4 is 0 Å². The van der Waals surface area contributed by atoms with E-state index >= 15 is 0 Å². The van der Waals surface area contributed by atoms with Gasteiger partial charge in [0.2, 0.25) is 5.95 Å². The van der Waals surface area contributed by atoms with E-state index in [9.17, 15) is 4.39 Å². The minimum atomic E-state index is -0.622. The molecule has 0 saturated heterocycles. The molecule has 0 saturated carbocycles. The van der Waals surface area contributed by atoms with Crippen molar-refractivity contribution in [2.45, 2.75) is 25.7 Å². The quantitative estimate of drug-likeness (QED) is 0.566. The lowest BCUT2D eigenvalue weighted by molar-refractivity contribution is 0.557. The molecule has 66 valence electrons. The summed E-state index contributed by atoms with van der Waals surface area (Å²) in [4.78, 5) is 3.80. The van der Waals surface area contributed by atoms with Gasteiger partial charge < -0.3 is 0 Å². The summed E-state index contributed by atoms with van der Waals surface area (Å²) in [5.74, 6) is -0.622. The molecule has 0 radical (unpaired) electrons. The molecule has 1 aliphatic rings. The highest BCUT2D eigenvalue weighted by Gasteiger charge is 2.14. The molecule has 2 rings (SSSR count). The van der Waals surface area contributed by atoms with E-state index in [4.69, 9.17) is 5.26 Å². The number of pyridine rings is 1. The van der Waals surface area contributed by atoms with Crippen molar-refractivity contribution in [3.8, 4) is 6.07 Å². The Kier molecular flexibility index (Phi) is 1.97. The van der Waals surface area contributed by atoms with Crippen LogP contribution in [0, 0.1) is 17.3 Å². The Balaban J connectivity index is 2.52. The highest BCUT2D eigenvalue weighted by Crippen LogP contribution is 2.21. The van der Waals surface area contributed by atoms with Crippen LogP contribution in [0.4, 0.5) is 4.39 Å². The summed E-state index contributed by atoms with van der Waals surface area (Å²) in [5, 5.41) is 8.59. The number of halogens is 1. The molecular formula is C10H9FN2. The molecular weight excluding hydrogens is 167 g/mol. The lowest BCUT2D eigenvalue weighted by atomic mass is 9.95. The van der Waals surface area contributed by atoms with Crippen LogP contribution in [0.25, 0.3) is 0 Å². The van der Waals surface area contributed by atoms with E-state index in [1.165, 1.54) is 0 Å². The van der Waals surface area contributed by atoms with Gasteiger partial charge >= 0.3 is 0 Å². The SMILES string of the molecule is N#Cc1cc2c(nc1F)CCCC2. The second-order valence-corrected chi connectivity index (χ2v) is 3.25. The van der Waals surface area contributed by atoms with Gasteiger partial charge in [0.05, 0.1) is 0 Å². The van der Waals surface area contributed by atoms with Crippen molar-refractivity contribution in [1.82, 2.24) is 4.98 Å². The Morgan fingerprint density at radius 2 is 2.15 bits per heavy atom. The van der Waals surface area contributed by atoms with Crippen molar-refractivity contribution in [2.24, 2.45) is 0 Å². The number of fused-ring (bicyclic) bond motifs is 1. The van der Waals surface area contributed by atoms with Crippen LogP contribution in [-0.2, 0) is 12.8 Å². The van der Waals surface area contributed by atoms with Crippen LogP contribution in [0.5, 0.6) is 0 Å². The van der Waals surface area contributed by atoms with Crippen molar-refractivity contribution in [2.75, 3.05) is 0 Å². The Bertz CT molecular complexity index is 379. The molecule has 0 aliphatic heterocycles. The second kappa shape index (κ2) is 3.14. The maximum Gasteiger partial charge on any atom is 0.231 e. The van der Waals surface area contributed by atoms with E-state index in [0.717, 1.165) is 36.9 Å². The second-order valence-electron chi connectivity index (χ2n) is 3.25. The van der Waals surface area contributed by atoms with Crippen molar-refractivity contribution in [1.29, 1.82) is 5.26 Å². The van der Waals surface area contributed by atoms with E-state index < -0.39 is 5.95 Å². The predicted octanol–water partition coefficient (Wildman–Crippen LogP) is 1.97. The maximum absolute atomic E-state index is 13.0. The van der Waals surface area contributed by atoms with Crippen LogP contribution in [-0.4, -0.2) is 4.98 Å². The summed E-state index contributed by atoms with van der Waals surface area (Å²) in [5.41, 5.74) is 1.95. The van der Waals surface area contributed by atoms with Gasteiger partial charge in [-0.25, -0.2) is 4.98 Å². The molecule has 0 unspecified atom stereocenters. The zero-order valence-electron chi connectivity index (χ0n) is 7.18. The first-order valence-electron chi connectivity index (χ1n) is 4.39. The maximum atomic E-state index is 13.0. The summed E-state index contributed by atoms with van der Waals surface area (Å²) >= 11 is 0. The molecule has 1 aromatic heterocycles. The fraction of sp³-hybridized carbons (Fsp3) is 0.400. The van der Waals surface area contributed by atoms with Gasteiger partial charge in [-0.15, -0.1) is 0 Å². The van der Waals surface area contributed by atoms with E-state index in [-0.39, 0.29) is 5.56 Å². The standard InChI is InChI=1S/C10H9FN2/c11-10-8(6-12)5-7-3-1-2-4-9(7)13-10/h5H,1-4H2. The molecule has 0 atom stereocenters. The van der Waals surface area contributed by atoms with Gasteiger partial charge in [-0.2, -0.15) is 9.65 Å². The number of nitrogens with zero attached hydrogens (tertiary/aromatic N) is 2. The van der Waals surface area contributed by atoms with Gasteiger partial charge in [0, 0.05) is 5.69 Å². The van der Waals surface area contributed by atoms with Gasteiger partial charge in [0.15, 0.2) is 0 Å². The largest absolute Gasteiger partial charge is 0.231 e. The molecule has 1 aliphatic carbocycles. The normalized spacial score (nSPS) is 14.8. The fourth-order valence-corrected chi connectivity index (χ4v) is 1.69. The zero-order chi connectivity index (χ0) is 9.26. The average molecular weight is 176 g/mol. The Morgan fingerprint density at radius 3 is 2.92 bits per heavy atom. The number of aryl methyl sites for hydroxylation is 2. The lowest BCUT2D eigenvalue weighted by Crippen LogP contribution is -2.07. The highest BCUT2D eigenvalue weighted by molar-refractivity contribution is 5.35. The molecule has 0 fully saturated rings. The Hall–Kier alpha value is -1.43. The van der Waals surface area contributed by atoms with Gasteiger partial charge in [-0.3, -0.25) is 0 Å². The molecule has 0 bridgehead atoms. The van der Waals surface area contributed by atoms with Crippen LogP contribution in [0.15, 0.2) is 6.07 Å².